The summed E-state index contributed by atoms with van der Waals surface area (Å²) in [5.41, 5.74) is 2.29. The topological polar surface area (TPSA) is 24.9 Å². The molecule has 1 N–H and O–H groups in total. The normalized spacial score (nSPS) is 12.6. The lowest BCUT2D eigenvalue weighted by atomic mass is 10.1. The zero-order valence-corrected chi connectivity index (χ0v) is 12.8. The first-order valence-electron chi connectivity index (χ1n) is 6.83. The van der Waals surface area contributed by atoms with E-state index < -0.39 is 0 Å². The Kier molecular flexibility index (Phi) is 3.45. The molecule has 1 heterocycles. The monoisotopic (exact) mass is 282 g/mol. The van der Waals surface area contributed by atoms with Gasteiger partial charge in [0.15, 0.2) is 0 Å². The predicted octanol–water partition coefficient (Wildman–Crippen LogP) is 5.09. The molecule has 0 saturated heterocycles. The minimum absolute atomic E-state index is 0.223. The predicted molar refractivity (Wildman–Crippen MR) is 87.6 cm³/mol. The van der Waals surface area contributed by atoms with Gasteiger partial charge in [0.05, 0.1) is 16.7 Å². The van der Waals surface area contributed by atoms with Crippen LogP contribution < -0.4 is 5.32 Å². The second-order valence-corrected chi connectivity index (χ2v) is 6.51. The van der Waals surface area contributed by atoms with E-state index >= 15 is 0 Å². The van der Waals surface area contributed by atoms with Crippen molar-refractivity contribution < 1.29 is 0 Å². The molecule has 1 aromatic heterocycles. The van der Waals surface area contributed by atoms with Gasteiger partial charge in [-0.1, -0.05) is 30.3 Å². The second-order valence-electron chi connectivity index (χ2n) is 5.10. The minimum Gasteiger partial charge on any atom is -0.377 e. The second kappa shape index (κ2) is 5.25. The van der Waals surface area contributed by atoms with Gasteiger partial charge in [-0.3, -0.25) is 0 Å². The molecule has 0 amide bonds. The van der Waals surface area contributed by atoms with Gasteiger partial charge in [-0.2, -0.15) is 0 Å². The largest absolute Gasteiger partial charge is 0.377 e. The maximum absolute atomic E-state index is 4.62. The van der Waals surface area contributed by atoms with Crippen molar-refractivity contribution >= 4 is 27.8 Å². The fourth-order valence-corrected chi connectivity index (χ4v) is 3.46. The molecular formula is C17H18N2S. The summed E-state index contributed by atoms with van der Waals surface area (Å²) in [5, 5.41) is 7.21. The molecular weight excluding hydrogens is 264 g/mol. The summed E-state index contributed by atoms with van der Waals surface area (Å²) in [4.78, 5) is 5.92. The first-order valence-corrected chi connectivity index (χ1v) is 7.64. The molecule has 1 atom stereocenters. The van der Waals surface area contributed by atoms with Crippen molar-refractivity contribution in [3.63, 3.8) is 0 Å². The fraction of sp³-hybridized carbons (Fsp3) is 0.235. The molecule has 0 bridgehead atoms. The zero-order valence-electron chi connectivity index (χ0n) is 12.0. The van der Waals surface area contributed by atoms with Gasteiger partial charge in [-0.05, 0) is 43.7 Å². The van der Waals surface area contributed by atoms with E-state index in [1.807, 2.05) is 0 Å². The van der Waals surface area contributed by atoms with Crippen LogP contribution in [0.5, 0.6) is 0 Å². The highest BCUT2D eigenvalue weighted by molar-refractivity contribution is 7.11. The van der Waals surface area contributed by atoms with Gasteiger partial charge in [0.1, 0.15) is 0 Å². The van der Waals surface area contributed by atoms with Crippen molar-refractivity contribution in [1.82, 2.24) is 4.98 Å². The Morgan fingerprint density at radius 1 is 1.05 bits per heavy atom. The maximum Gasteiger partial charge on any atom is 0.0901 e. The van der Waals surface area contributed by atoms with Gasteiger partial charge >= 0.3 is 0 Å². The van der Waals surface area contributed by atoms with Crippen LogP contribution in [-0.4, -0.2) is 4.98 Å². The number of thiazole rings is 1. The van der Waals surface area contributed by atoms with Crippen molar-refractivity contribution in [2.75, 3.05) is 5.32 Å². The molecule has 0 aliphatic rings. The van der Waals surface area contributed by atoms with E-state index in [4.69, 9.17) is 0 Å². The number of aromatic nitrogens is 1. The molecule has 3 aromatic rings. The van der Waals surface area contributed by atoms with Crippen LogP contribution in [0.25, 0.3) is 10.8 Å². The molecule has 2 nitrogen and oxygen atoms in total. The number of nitrogens with zero attached hydrogens (tertiary/aromatic N) is 1. The number of rotatable bonds is 3. The smallest absolute Gasteiger partial charge is 0.0901 e. The lowest BCUT2D eigenvalue weighted by Crippen LogP contribution is -2.08. The number of hydrogen-bond acceptors (Lipinski definition) is 3. The molecule has 0 spiro atoms. The van der Waals surface area contributed by atoms with Crippen molar-refractivity contribution in [2.24, 2.45) is 0 Å². The molecule has 3 heteroatoms. The summed E-state index contributed by atoms with van der Waals surface area (Å²) in [5.74, 6) is 0. The molecule has 102 valence electrons. The van der Waals surface area contributed by atoms with Gasteiger partial charge < -0.3 is 5.32 Å². The van der Waals surface area contributed by atoms with E-state index in [9.17, 15) is 0 Å². The first kappa shape index (κ1) is 13.1. The maximum atomic E-state index is 4.62. The van der Waals surface area contributed by atoms with Crippen molar-refractivity contribution in [3.05, 3.63) is 58.0 Å². The molecule has 20 heavy (non-hydrogen) atoms. The van der Waals surface area contributed by atoms with Crippen LogP contribution in [0, 0.1) is 13.8 Å². The van der Waals surface area contributed by atoms with Gasteiger partial charge in [0.25, 0.3) is 0 Å². The molecule has 0 radical (unpaired) electrons. The van der Waals surface area contributed by atoms with Crippen LogP contribution in [-0.2, 0) is 0 Å². The van der Waals surface area contributed by atoms with Crippen LogP contribution in [0.3, 0.4) is 0 Å². The Bertz CT molecular complexity index is 746. The fourth-order valence-electron chi connectivity index (χ4n) is 2.54. The highest BCUT2D eigenvalue weighted by atomic mass is 32.1. The van der Waals surface area contributed by atoms with Crippen LogP contribution in [0.15, 0.2) is 42.5 Å². The van der Waals surface area contributed by atoms with Gasteiger partial charge in [-0.25, -0.2) is 4.98 Å². The third-order valence-corrected chi connectivity index (χ3v) is 4.38. The lowest BCUT2D eigenvalue weighted by Gasteiger charge is -2.14. The highest BCUT2D eigenvalue weighted by Crippen LogP contribution is 2.27. The molecule has 0 saturated carbocycles. The van der Waals surface area contributed by atoms with Crippen LogP contribution in [0.2, 0.25) is 0 Å². The van der Waals surface area contributed by atoms with E-state index in [2.05, 4.69) is 73.5 Å². The van der Waals surface area contributed by atoms with Crippen LogP contribution in [0.4, 0.5) is 5.69 Å². The minimum atomic E-state index is 0.223. The van der Waals surface area contributed by atoms with Gasteiger partial charge in [-0.15, -0.1) is 11.3 Å². The SMILES string of the molecule is Cc1nc(C(C)Nc2ccc3ccccc3c2)c(C)s1. The van der Waals surface area contributed by atoms with Crippen molar-refractivity contribution in [1.29, 1.82) is 0 Å². The summed E-state index contributed by atoms with van der Waals surface area (Å²) in [6.45, 7) is 6.36. The summed E-state index contributed by atoms with van der Waals surface area (Å²) < 4.78 is 0. The number of aryl methyl sites for hydroxylation is 2. The summed E-state index contributed by atoms with van der Waals surface area (Å²) in [7, 11) is 0. The van der Waals surface area contributed by atoms with E-state index in [0.29, 0.717) is 0 Å². The number of nitrogens with one attached hydrogen (secondary N) is 1. The summed E-state index contributed by atoms with van der Waals surface area (Å²) in [6, 6.07) is 15.1. The van der Waals surface area contributed by atoms with Gasteiger partial charge in [0.2, 0.25) is 0 Å². The third-order valence-electron chi connectivity index (χ3n) is 3.48. The van der Waals surface area contributed by atoms with E-state index in [1.165, 1.54) is 15.6 Å². The summed E-state index contributed by atoms with van der Waals surface area (Å²) in [6.07, 6.45) is 0. The number of anilines is 1. The molecule has 3 rings (SSSR count). The number of hydrogen-bond donors (Lipinski definition) is 1. The Morgan fingerprint density at radius 2 is 1.80 bits per heavy atom. The number of benzene rings is 2. The lowest BCUT2D eigenvalue weighted by molar-refractivity contribution is 0.837. The molecule has 2 aromatic carbocycles. The Labute approximate surface area is 123 Å². The number of fused-ring (bicyclic) bond motifs is 1. The molecule has 0 fully saturated rings. The zero-order chi connectivity index (χ0) is 14.1. The van der Waals surface area contributed by atoms with E-state index in [1.54, 1.807) is 11.3 Å². The van der Waals surface area contributed by atoms with Crippen LogP contribution >= 0.6 is 11.3 Å². The molecule has 0 aliphatic carbocycles. The Balaban J connectivity index is 1.87. The average molecular weight is 282 g/mol. The first-order chi connectivity index (χ1) is 9.63. The molecule has 0 aliphatic heterocycles. The summed E-state index contributed by atoms with van der Waals surface area (Å²) >= 11 is 1.76. The van der Waals surface area contributed by atoms with E-state index in [0.717, 1.165) is 16.4 Å². The average Bonchev–Trinajstić information content (AvgIpc) is 2.78. The molecule has 1 unspecified atom stereocenters. The van der Waals surface area contributed by atoms with Crippen LogP contribution in [0.1, 0.15) is 28.5 Å². The standard InChI is InChI=1S/C17H18N2S/c1-11(17-12(2)20-13(3)19-17)18-16-9-8-14-6-4-5-7-15(14)10-16/h4-11,18H,1-3H3. The van der Waals surface area contributed by atoms with Crippen molar-refractivity contribution in [2.45, 2.75) is 26.8 Å². The third kappa shape index (κ3) is 2.54. The van der Waals surface area contributed by atoms with Gasteiger partial charge in [0, 0.05) is 10.6 Å². The van der Waals surface area contributed by atoms with Crippen molar-refractivity contribution in [3.8, 4) is 0 Å². The van der Waals surface area contributed by atoms with E-state index in [-0.39, 0.29) is 6.04 Å². The highest BCUT2D eigenvalue weighted by Gasteiger charge is 2.12. The quantitative estimate of drug-likeness (QED) is 0.724. The Hall–Kier alpha value is -1.87. The Morgan fingerprint density at radius 3 is 2.50 bits per heavy atom.